The number of imide groups is 1. The molecular weight excluding hydrogens is 320 g/mol. The lowest BCUT2D eigenvalue weighted by Crippen LogP contribution is -2.56. The van der Waals surface area contributed by atoms with Gasteiger partial charge in [-0.15, -0.1) is 0 Å². The predicted octanol–water partition coefficient (Wildman–Crippen LogP) is 0.601. The van der Waals surface area contributed by atoms with Gasteiger partial charge in [0, 0.05) is 18.5 Å². The van der Waals surface area contributed by atoms with E-state index in [1.165, 1.54) is 25.7 Å². The lowest BCUT2D eigenvalue weighted by Gasteiger charge is -2.39. The molecule has 2 heterocycles. The molecule has 25 heavy (non-hydrogen) atoms. The lowest BCUT2D eigenvalue weighted by molar-refractivity contribution is -0.126. The van der Waals surface area contributed by atoms with Crippen LogP contribution in [0.4, 0.5) is 4.79 Å². The summed E-state index contributed by atoms with van der Waals surface area (Å²) in [5.41, 5.74) is -0.864. The molecule has 7 heteroatoms. The minimum Gasteiger partial charge on any atom is -0.352 e. The van der Waals surface area contributed by atoms with Gasteiger partial charge in [-0.1, -0.05) is 0 Å². The van der Waals surface area contributed by atoms with Gasteiger partial charge in [-0.05, 0) is 63.8 Å². The summed E-state index contributed by atoms with van der Waals surface area (Å²) in [6.07, 6.45) is 6.82. The largest absolute Gasteiger partial charge is 0.352 e. The number of piperidine rings is 1. The summed E-state index contributed by atoms with van der Waals surface area (Å²) in [4.78, 5) is 38.3. The van der Waals surface area contributed by atoms with Crippen molar-refractivity contribution in [2.45, 2.75) is 57.0 Å². The average molecular weight is 348 g/mol. The standard InChI is InChI=1S/C18H28N4O3/c1-18(16(24)20-17(25)21-18)13-3-2-8-22(9-13)10-14(23)19-15(11-4-5-11)12-6-7-12/h11-13,15H,2-10H2,1H3,(H,19,23)(H2,20,21,24,25)/t13-,18-/m1/s1. The summed E-state index contributed by atoms with van der Waals surface area (Å²) < 4.78 is 0. The second-order valence-corrected chi connectivity index (χ2v) is 8.45. The Balaban J connectivity index is 1.32. The number of urea groups is 1. The molecule has 4 fully saturated rings. The number of hydrogen-bond acceptors (Lipinski definition) is 4. The van der Waals surface area contributed by atoms with Crippen LogP contribution < -0.4 is 16.0 Å². The molecule has 2 atom stereocenters. The first-order valence-corrected chi connectivity index (χ1v) is 9.61. The number of nitrogens with one attached hydrogen (secondary N) is 3. The van der Waals surface area contributed by atoms with E-state index in [0.29, 0.717) is 31.0 Å². The van der Waals surface area contributed by atoms with E-state index in [4.69, 9.17) is 0 Å². The van der Waals surface area contributed by atoms with Crippen molar-refractivity contribution in [3.05, 3.63) is 0 Å². The topological polar surface area (TPSA) is 90.5 Å². The molecule has 3 N–H and O–H groups in total. The molecule has 0 aromatic carbocycles. The zero-order valence-electron chi connectivity index (χ0n) is 14.8. The van der Waals surface area contributed by atoms with Crippen LogP contribution in [-0.2, 0) is 9.59 Å². The Labute approximate surface area is 148 Å². The number of carbonyl (C=O) groups excluding carboxylic acids is 3. The van der Waals surface area contributed by atoms with Gasteiger partial charge in [0.1, 0.15) is 5.54 Å². The molecule has 4 amide bonds. The average Bonchev–Trinajstić information content (AvgIpc) is 3.46. The molecule has 0 bridgehead atoms. The number of carbonyl (C=O) groups is 3. The molecule has 2 aliphatic heterocycles. The van der Waals surface area contributed by atoms with Gasteiger partial charge in [0.2, 0.25) is 5.91 Å². The van der Waals surface area contributed by atoms with E-state index in [-0.39, 0.29) is 17.7 Å². The van der Waals surface area contributed by atoms with Gasteiger partial charge >= 0.3 is 6.03 Å². The van der Waals surface area contributed by atoms with Crippen LogP contribution in [0.1, 0.15) is 45.4 Å². The van der Waals surface area contributed by atoms with Crippen molar-refractivity contribution in [1.29, 1.82) is 0 Å². The first kappa shape index (κ1) is 16.8. The summed E-state index contributed by atoms with van der Waals surface area (Å²) in [5.74, 6) is 1.28. The van der Waals surface area contributed by atoms with E-state index < -0.39 is 11.6 Å². The SMILES string of the molecule is C[C@]1([C@@H]2CCCN(CC(=O)NC(C3CC3)C3CC3)C2)NC(=O)NC1=O. The summed E-state index contributed by atoms with van der Waals surface area (Å²) in [6.45, 7) is 3.71. The van der Waals surface area contributed by atoms with Crippen molar-refractivity contribution < 1.29 is 14.4 Å². The van der Waals surface area contributed by atoms with Crippen molar-refractivity contribution >= 4 is 17.8 Å². The Hall–Kier alpha value is -1.63. The van der Waals surface area contributed by atoms with Crippen LogP contribution in [-0.4, -0.2) is 54.0 Å². The molecule has 7 nitrogen and oxygen atoms in total. The van der Waals surface area contributed by atoms with Gasteiger partial charge in [0.25, 0.3) is 5.91 Å². The number of nitrogens with zero attached hydrogens (tertiary/aromatic N) is 1. The van der Waals surface area contributed by atoms with E-state index in [0.717, 1.165) is 19.4 Å². The molecular formula is C18H28N4O3. The van der Waals surface area contributed by atoms with Gasteiger partial charge in [-0.25, -0.2) is 4.79 Å². The monoisotopic (exact) mass is 348 g/mol. The van der Waals surface area contributed by atoms with E-state index in [1.54, 1.807) is 6.92 Å². The van der Waals surface area contributed by atoms with Crippen molar-refractivity contribution in [1.82, 2.24) is 20.9 Å². The van der Waals surface area contributed by atoms with Crippen LogP contribution in [0.5, 0.6) is 0 Å². The maximum Gasteiger partial charge on any atom is 0.322 e. The van der Waals surface area contributed by atoms with Crippen molar-refractivity contribution in [2.75, 3.05) is 19.6 Å². The highest BCUT2D eigenvalue weighted by Gasteiger charge is 2.49. The summed E-state index contributed by atoms with van der Waals surface area (Å²) in [5, 5.41) is 8.38. The quantitative estimate of drug-likeness (QED) is 0.613. The van der Waals surface area contributed by atoms with E-state index >= 15 is 0 Å². The molecule has 2 saturated carbocycles. The third-order valence-corrected chi connectivity index (χ3v) is 6.35. The number of rotatable bonds is 6. The molecule has 4 rings (SSSR count). The molecule has 0 unspecified atom stereocenters. The maximum atomic E-state index is 12.5. The normalized spacial score (nSPS) is 33.3. The van der Waals surface area contributed by atoms with Crippen LogP contribution in [0, 0.1) is 17.8 Å². The van der Waals surface area contributed by atoms with E-state index in [9.17, 15) is 14.4 Å². The molecule has 138 valence electrons. The Bertz CT molecular complexity index is 575. The molecule has 0 aromatic rings. The third-order valence-electron chi connectivity index (χ3n) is 6.35. The summed E-state index contributed by atoms with van der Waals surface area (Å²) in [6, 6.07) is -0.0374. The maximum absolute atomic E-state index is 12.5. The predicted molar refractivity (Wildman–Crippen MR) is 91.6 cm³/mol. The minimum atomic E-state index is -0.864. The fourth-order valence-electron chi connectivity index (χ4n) is 4.48. The first-order valence-electron chi connectivity index (χ1n) is 9.61. The van der Waals surface area contributed by atoms with Crippen molar-refractivity contribution in [3.63, 3.8) is 0 Å². The van der Waals surface area contributed by atoms with Gasteiger partial charge in [-0.3, -0.25) is 19.8 Å². The molecule has 4 aliphatic rings. The second kappa shape index (κ2) is 6.27. The minimum absolute atomic E-state index is 0.0307. The Morgan fingerprint density at radius 2 is 1.92 bits per heavy atom. The van der Waals surface area contributed by atoms with Crippen molar-refractivity contribution in [3.8, 4) is 0 Å². The molecule has 0 radical (unpaired) electrons. The van der Waals surface area contributed by atoms with Gasteiger partial charge in [0.15, 0.2) is 0 Å². The third kappa shape index (κ3) is 3.52. The second-order valence-electron chi connectivity index (χ2n) is 8.45. The molecule has 2 saturated heterocycles. The van der Waals surface area contributed by atoms with Crippen LogP contribution in [0.15, 0.2) is 0 Å². The van der Waals surface area contributed by atoms with Gasteiger partial charge in [0.05, 0.1) is 6.54 Å². The van der Waals surface area contributed by atoms with Crippen molar-refractivity contribution in [2.24, 2.45) is 17.8 Å². The van der Waals surface area contributed by atoms with Gasteiger partial charge < -0.3 is 10.6 Å². The fourth-order valence-corrected chi connectivity index (χ4v) is 4.48. The Morgan fingerprint density at radius 3 is 2.48 bits per heavy atom. The zero-order valence-corrected chi connectivity index (χ0v) is 14.8. The summed E-state index contributed by atoms with van der Waals surface area (Å²) >= 11 is 0. The highest BCUT2D eigenvalue weighted by molar-refractivity contribution is 6.07. The van der Waals surface area contributed by atoms with Crippen LogP contribution in [0.25, 0.3) is 0 Å². The zero-order chi connectivity index (χ0) is 17.6. The Kier molecular flexibility index (Phi) is 4.22. The number of likely N-dealkylation sites (tertiary alicyclic amines) is 1. The van der Waals surface area contributed by atoms with Crippen LogP contribution in [0.2, 0.25) is 0 Å². The first-order chi connectivity index (χ1) is 12.0. The molecule has 2 aliphatic carbocycles. The highest BCUT2D eigenvalue weighted by atomic mass is 16.2. The fraction of sp³-hybridized carbons (Fsp3) is 0.833. The highest BCUT2D eigenvalue weighted by Crippen LogP contribution is 2.44. The number of amides is 4. The molecule has 0 spiro atoms. The van der Waals surface area contributed by atoms with E-state index in [1.807, 2.05) is 0 Å². The number of hydrogen-bond donors (Lipinski definition) is 3. The van der Waals surface area contributed by atoms with Crippen LogP contribution >= 0.6 is 0 Å². The summed E-state index contributed by atoms with van der Waals surface area (Å²) in [7, 11) is 0. The molecule has 0 aromatic heterocycles. The smallest absolute Gasteiger partial charge is 0.322 e. The lowest BCUT2D eigenvalue weighted by atomic mass is 9.80. The van der Waals surface area contributed by atoms with Gasteiger partial charge in [-0.2, -0.15) is 0 Å². The van der Waals surface area contributed by atoms with Crippen LogP contribution in [0.3, 0.4) is 0 Å². The Morgan fingerprint density at radius 1 is 1.24 bits per heavy atom. The van der Waals surface area contributed by atoms with E-state index in [2.05, 4.69) is 20.9 Å².